The zero-order valence-electron chi connectivity index (χ0n) is 7.65. The molecule has 0 radical (unpaired) electrons. The Morgan fingerprint density at radius 3 is 2.47 bits per heavy atom. The van der Waals surface area contributed by atoms with Crippen molar-refractivity contribution in [2.75, 3.05) is 0 Å². The van der Waals surface area contributed by atoms with Gasteiger partial charge in [-0.3, -0.25) is 4.98 Å². The van der Waals surface area contributed by atoms with Crippen LogP contribution in [0.2, 0.25) is 8.67 Å². The molecule has 2 nitrogen and oxygen atoms in total. The number of halogens is 2. The van der Waals surface area contributed by atoms with Crippen molar-refractivity contribution in [2.45, 2.75) is 6.04 Å². The fourth-order valence-corrected chi connectivity index (χ4v) is 2.87. The standard InChI is InChI=1S/C10H8Cl2N2S/c11-8-5-7(10(12)15-8)9(13)6-1-3-14-4-2-6/h1-5,9H,13H2. The van der Waals surface area contributed by atoms with E-state index in [0.29, 0.717) is 8.67 Å². The van der Waals surface area contributed by atoms with E-state index in [9.17, 15) is 0 Å². The van der Waals surface area contributed by atoms with Crippen LogP contribution < -0.4 is 5.73 Å². The van der Waals surface area contributed by atoms with Gasteiger partial charge in [0.25, 0.3) is 0 Å². The van der Waals surface area contributed by atoms with Gasteiger partial charge in [-0.05, 0) is 23.8 Å². The molecule has 15 heavy (non-hydrogen) atoms. The Morgan fingerprint density at radius 2 is 1.93 bits per heavy atom. The Kier molecular flexibility index (Phi) is 3.26. The molecule has 78 valence electrons. The van der Waals surface area contributed by atoms with E-state index < -0.39 is 0 Å². The van der Waals surface area contributed by atoms with Crippen LogP contribution >= 0.6 is 34.5 Å². The first kappa shape index (κ1) is 10.9. The summed E-state index contributed by atoms with van der Waals surface area (Å²) in [5, 5.41) is 0. The lowest BCUT2D eigenvalue weighted by Gasteiger charge is -2.10. The van der Waals surface area contributed by atoms with Crippen LogP contribution in [0.25, 0.3) is 0 Å². The molecule has 2 rings (SSSR count). The SMILES string of the molecule is NC(c1ccncc1)c1cc(Cl)sc1Cl. The van der Waals surface area contributed by atoms with Crippen LogP contribution in [0.4, 0.5) is 0 Å². The summed E-state index contributed by atoms with van der Waals surface area (Å²) in [6, 6.07) is 5.29. The maximum Gasteiger partial charge on any atom is 0.0995 e. The van der Waals surface area contributed by atoms with E-state index in [1.807, 2.05) is 12.1 Å². The minimum Gasteiger partial charge on any atom is -0.320 e. The van der Waals surface area contributed by atoms with Gasteiger partial charge in [0.05, 0.1) is 14.7 Å². The van der Waals surface area contributed by atoms with Gasteiger partial charge in [0.2, 0.25) is 0 Å². The van der Waals surface area contributed by atoms with Crippen LogP contribution in [0, 0.1) is 0 Å². The molecule has 0 aliphatic rings. The predicted octanol–water partition coefficient (Wildman–Crippen LogP) is 3.50. The Hall–Kier alpha value is -0.610. The summed E-state index contributed by atoms with van der Waals surface area (Å²) in [4.78, 5) is 3.94. The normalized spacial score (nSPS) is 12.7. The Bertz CT molecular complexity index is 456. The van der Waals surface area contributed by atoms with Gasteiger partial charge >= 0.3 is 0 Å². The third-order valence-corrected chi connectivity index (χ3v) is 3.60. The number of hydrogen-bond donors (Lipinski definition) is 1. The molecule has 0 amide bonds. The number of nitrogens with zero attached hydrogens (tertiary/aromatic N) is 1. The quantitative estimate of drug-likeness (QED) is 0.896. The molecule has 5 heteroatoms. The zero-order chi connectivity index (χ0) is 10.8. The summed E-state index contributed by atoms with van der Waals surface area (Å²) in [7, 11) is 0. The fraction of sp³-hybridized carbons (Fsp3) is 0.100. The summed E-state index contributed by atoms with van der Waals surface area (Å²) >= 11 is 13.2. The van der Waals surface area contributed by atoms with E-state index in [-0.39, 0.29) is 6.04 Å². The van der Waals surface area contributed by atoms with E-state index in [2.05, 4.69) is 4.98 Å². The molecule has 2 aromatic heterocycles. The molecule has 2 heterocycles. The van der Waals surface area contributed by atoms with Crippen molar-refractivity contribution >= 4 is 34.5 Å². The zero-order valence-corrected chi connectivity index (χ0v) is 9.98. The van der Waals surface area contributed by atoms with Crippen LogP contribution in [0.1, 0.15) is 17.2 Å². The summed E-state index contributed by atoms with van der Waals surface area (Å²) < 4.78 is 1.30. The molecule has 0 spiro atoms. The van der Waals surface area contributed by atoms with Gasteiger partial charge in [-0.1, -0.05) is 23.2 Å². The predicted molar refractivity (Wildman–Crippen MR) is 64.6 cm³/mol. The molecule has 2 aromatic rings. The van der Waals surface area contributed by atoms with Gasteiger partial charge in [-0.25, -0.2) is 0 Å². The van der Waals surface area contributed by atoms with E-state index in [0.717, 1.165) is 11.1 Å². The van der Waals surface area contributed by atoms with Crippen LogP contribution in [0.15, 0.2) is 30.6 Å². The van der Waals surface area contributed by atoms with Crippen LogP contribution in [0.5, 0.6) is 0 Å². The minimum absolute atomic E-state index is 0.246. The topological polar surface area (TPSA) is 38.9 Å². The van der Waals surface area contributed by atoms with Crippen molar-refractivity contribution in [3.63, 3.8) is 0 Å². The molecule has 0 aliphatic carbocycles. The lowest BCUT2D eigenvalue weighted by atomic mass is 10.0. The first-order valence-electron chi connectivity index (χ1n) is 4.28. The molecule has 1 unspecified atom stereocenters. The number of aromatic nitrogens is 1. The molecular weight excluding hydrogens is 251 g/mol. The number of pyridine rings is 1. The lowest BCUT2D eigenvalue weighted by Crippen LogP contribution is -2.11. The van der Waals surface area contributed by atoms with Gasteiger partial charge < -0.3 is 5.73 Å². The lowest BCUT2D eigenvalue weighted by molar-refractivity contribution is 0.873. The van der Waals surface area contributed by atoms with Crippen molar-refractivity contribution in [3.8, 4) is 0 Å². The van der Waals surface area contributed by atoms with Crippen molar-refractivity contribution in [3.05, 3.63) is 50.4 Å². The number of hydrogen-bond acceptors (Lipinski definition) is 3. The Labute approximate surface area is 102 Å². The largest absolute Gasteiger partial charge is 0.320 e. The van der Waals surface area contributed by atoms with Crippen molar-refractivity contribution < 1.29 is 0 Å². The molecule has 0 saturated heterocycles. The average molecular weight is 259 g/mol. The molecule has 2 N–H and O–H groups in total. The summed E-state index contributed by atoms with van der Waals surface area (Å²) in [6.07, 6.45) is 3.41. The van der Waals surface area contributed by atoms with Crippen molar-refractivity contribution in [1.82, 2.24) is 4.98 Å². The molecule has 0 fully saturated rings. The average Bonchev–Trinajstić information content (AvgIpc) is 2.58. The number of rotatable bonds is 2. The Morgan fingerprint density at radius 1 is 1.27 bits per heavy atom. The molecule has 0 bridgehead atoms. The highest BCUT2D eigenvalue weighted by atomic mass is 35.5. The second kappa shape index (κ2) is 4.49. The highest BCUT2D eigenvalue weighted by Crippen LogP contribution is 2.36. The third kappa shape index (κ3) is 2.32. The first-order chi connectivity index (χ1) is 7.18. The summed E-state index contributed by atoms with van der Waals surface area (Å²) in [6.45, 7) is 0. The van der Waals surface area contributed by atoms with Crippen LogP contribution in [-0.2, 0) is 0 Å². The van der Waals surface area contributed by atoms with E-state index in [4.69, 9.17) is 28.9 Å². The van der Waals surface area contributed by atoms with Gasteiger partial charge in [-0.2, -0.15) is 0 Å². The minimum atomic E-state index is -0.246. The fourth-order valence-electron chi connectivity index (χ4n) is 1.32. The van der Waals surface area contributed by atoms with Crippen LogP contribution in [-0.4, -0.2) is 4.98 Å². The molecule has 0 aromatic carbocycles. The van der Waals surface area contributed by atoms with E-state index in [1.165, 1.54) is 11.3 Å². The molecule has 0 saturated carbocycles. The Balaban J connectivity index is 2.36. The van der Waals surface area contributed by atoms with Crippen molar-refractivity contribution in [2.24, 2.45) is 5.73 Å². The summed E-state index contributed by atoms with van der Waals surface area (Å²) in [5.74, 6) is 0. The second-order valence-corrected chi connectivity index (χ2v) is 5.32. The summed E-state index contributed by atoms with van der Waals surface area (Å²) in [5.41, 5.74) is 7.90. The monoisotopic (exact) mass is 258 g/mol. The van der Waals surface area contributed by atoms with Gasteiger partial charge in [-0.15, -0.1) is 11.3 Å². The maximum atomic E-state index is 6.07. The smallest absolute Gasteiger partial charge is 0.0995 e. The van der Waals surface area contributed by atoms with E-state index >= 15 is 0 Å². The van der Waals surface area contributed by atoms with Crippen LogP contribution in [0.3, 0.4) is 0 Å². The third-order valence-electron chi connectivity index (χ3n) is 2.08. The maximum absolute atomic E-state index is 6.07. The van der Waals surface area contributed by atoms with Crippen molar-refractivity contribution in [1.29, 1.82) is 0 Å². The second-order valence-electron chi connectivity index (χ2n) is 3.04. The van der Waals surface area contributed by atoms with Gasteiger partial charge in [0.15, 0.2) is 0 Å². The highest BCUT2D eigenvalue weighted by molar-refractivity contribution is 7.20. The van der Waals surface area contributed by atoms with E-state index in [1.54, 1.807) is 18.5 Å². The number of nitrogens with two attached hydrogens (primary N) is 1. The molecule has 1 atom stereocenters. The van der Waals surface area contributed by atoms with Gasteiger partial charge in [0, 0.05) is 18.0 Å². The molecular formula is C10H8Cl2N2S. The number of thiophene rings is 1. The van der Waals surface area contributed by atoms with Gasteiger partial charge in [0.1, 0.15) is 0 Å². The highest BCUT2D eigenvalue weighted by Gasteiger charge is 2.15. The first-order valence-corrected chi connectivity index (χ1v) is 5.86. The molecule has 0 aliphatic heterocycles.